The molecule has 1 N–H and O–H groups in total. The van der Waals surface area contributed by atoms with E-state index in [1.807, 2.05) is 38.1 Å². The first kappa shape index (κ1) is 12.6. The molecule has 1 saturated carbocycles. The van der Waals surface area contributed by atoms with Crippen molar-refractivity contribution in [3.05, 3.63) is 29.8 Å². The Bertz CT molecular complexity index is 467. The predicted octanol–water partition coefficient (Wildman–Crippen LogP) is 1.63. The molecule has 0 saturated heterocycles. The van der Waals surface area contributed by atoms with Crippen LogP contribution in [-0.4, -0.2) is 24.4 Å². The quantitative estimate of drug-likeness (QED) is 0.824. The molecule has 0 spiro atoms. The molecule has 0 aliphatic heterocycles. The standard InChI is InChI=1S/C14H18N2O2/c1-3-16(12-6-4-5-10(2)9-12)14(18)13(17)15-11-7-8-11/h4-6,9,11H,3,7-8H2,1-2H3,(H,15,17). The Morgan fingerprint density at radius 1 is 1.39 bits per heavy atom. The van der Waals surface area contributed by atoms with Gasteiger partial charge in [-0.1, -0.05) is 12.1 Å². The molecule has 2 rings (SSSR count). The predicted molar refractivity (Wildman–Crippen MR) is 70.4 cm³/mol. The van der Waals surface area contributed by atoms with Crippen molar-refractivity contribution in [1.29, 1.82) is 0 Å². The topological polar surface area (TPSA) is 49.4 Å². The molecule has 1 aliphatic rings. The number of nitrogens with zero attached hydrogens (tertiary/aromatic N) is 1. The zero-order valence-corrected chi connectivity index (χ0v) is 10.8. The maximum absolute atomic E-state index is 12.1. The van der Waals surface area contributed by atoms with E-state index in [1.54, 1.807) is 0 Å². The van der Waals surface area contributed by atoms with E-state index in [4.69, 9.17) is 0 Å². The van der Waals surface area contributed by atoms with Gasteiger partial charge in [-0.15, -0.1) is 0 Å². The molecule has 0 bridgehead atoms. The van der Waals surface area contributed by atoms with Gasteiger partial charge in [0.15, 0.2) is 0 Å². The van der Waals surface area contributed by atoms with Crippen molar-refractivity contribution in [3.63, 3.8) is 0 Å². The molecule has 0 unspecified atom stereocenters. The molecule has 4 nitrogen and oxygen atoms in total. The second-order valence-electron chi connectivity index (χ2n) is 4.64. The maximum atomic E-state index is 12.1. The summed E-state index contributed by atoms with van der Waals surface area (Å²) in [6.45, 7) is 4.32. The van der Waals surface area contributed by atoms with Crippen molar-refractivity contribution < 1.29 is 9.59 Å². The van der Waals surface area contributed by atoms with Crippen LogP contribution in [0.5, 0.6) is 0 Å². The van der Waals surface area contributed by atoms with Crippen molar-refractivity contribution in [2.24, 2.45) is 0 Å². The summed E-state index contributed by atoms with van der Waals surface area (Å²) in [6.07, 6.45) is 1.96. The lowest BCUT2D eigenvalue weighted by Gasteiger charge is -2.20. The van der Waals surface area contributed by atoms with Crippen LogP contribution in [0.3, 0.4) is 0 Å². The van der Waals surface area contributed by atoms with Gasteiger partial charge in [-0.3, -0.25) is 9.59 Å². The Morgan fingerprint density at radius 3 is 2.67 bits per heavy atom. The summed E-state index contributed by atoms with van der Waals surface area (Å²) >= 11 is 0. The summed E-state index contributed by atoms with van der Waals surface area (Å²) in [5.74, 6) is -0.976. The molecule has 1 fully saturated rings. The molecule has 1 aliphatic carbocycles. The molecule has 0 aromatic heterocycles. The van der Waals surface area contributed by atoms with Gasteiger partial charge in [0.05, 0.1) is 0 Å². The number of hydrogen-bond donors (Lipinski definition) is 1. The number of hydrogen-bond acceptors (Lipinski definition) is 2. The van der Waals surface area contributed by atoms with E-state index < -0.39 is 11.8 Å². The Balaban J connectivity index is 2.11. The monoisotopic (exact) mass is 246 g/mol. The van der Waals surface area contributed by atoms with Crippen molar-refractivity contribution in [2.45, 2.75) is 32.7 Å². The minimum Gasteiger partial charge on any atom is -0.345 e. The van der Waals surface area contributed by atoms with Crippen LogP contribution in [0.2, 0.25) is 0 Å². The first-order chi connectivity index (χ1) is 8.61. The van der Waals surface area contributed by atoms with Crippen LogP contribution < -0.4 is 10.2 Å². The van der Waals surface area contributed by atoms with E-state index in [0.717, 1.165) is 24.1 Å². The average Bonchev–Trinajstić information content (AvgIpc) is 3.14. The van der Waals surface area contributed by atoms with Crippen molar-refractivity contribution in [3.8, 4) is 0 Å². The van der Waals surface area contributed by atoms with Gasteiger partial charge in [-0.2, -0.15) is 0 Å². The highest BCUT2D eigenvalue weighted by Crippen LogP contribution is 2.19. The van der Waals surface area contributed by atoms with Crippen LogP contribution in [0.15, 0.2) is 24.3 Å². The summed E-state index contributed by atoms with van der Waals surface area (Å²) in [4.78, 5) is 25.3. The van der Waals surface area contributed by atoms with E-state index in [-0.39, 0.29) is 6.04 Å². The lowest BCUT2D eigenvalue weighted by Crippen LogP contribution is -2.43. The van der Waals surface area contributed by atoms with Gasteiger partial charge >= 0.3 is 11.8 Å². The molecule has 1 aromatic rings. The number of carbonyl (C=O) groups excluding carboxylic acids is 2. The van der Waals surface area contributed by atoms with Crippen LogP contribution in [-0.2, 0) is 9.59 Å². The minimum absolute atomic E-state index is 0.206. The fourth-order valence-electron chi connectivity index (χ4n) is 1.84. The Kier molecular flexibility index (Phi) is 3.65. The fraction of sp³-hybridized carbons (Fsp3) is 0.429. The van der Waals surface area contributed by atoms with Crippen molar-refractivity contribution >= 4 is 17.5 Å². The summed E-state index contributed by atoms with van der Waals surface area (Å²) in [6, 6.07) is 7.81. The first-order valence-electron chi connectivity index (χ1n) is 6.31. The lowest BCUT2D eigenvalue weighted by atomic mass is 10.2. The number of rotatable bonds is 3. The minimum atomic E-state index is -0.499. The van der Waals surface area contributed by atoms with Crippen LogP contribution in [0.4, 0.5) is 5.69 Å². The van der Waals surface area contributed by atoms with E-state index in [0.29, 0.717) is 6.54 Å². The molecule has 0 atom stereocenters. The molecule has 1 aromatic carbocycles. The van der Waals surface area contributed by atoms with Crippen LogP contribution in [0.1, 0.15) is 25.3 Å². The molecule has 0 heterocycles. The van der Waals surface area contributed by atoms with Gasteiger partial charge in [0.2, 0.25) is 0 Å². The summed E-state index contributed by atoms with van der Waals surface area (Å²) in [5.41, 5.74) is 1.84. The number of benzene rings is 1. The van der Waals surface area contributed by atoms with Gasteiger partial charge in [0, 0.05) is 18.3 Å². The fourth-order valence-corrected chi connectivity index (χ4v) is 1.84. The highest BCUT2D eigenvalue weighted by Gasteiger charge is 2.29. The van der Waals surface area contributed by atoms with Crippen molar-refractivity contribution in [2.75, 3.05) is 11.4 Å². The Morgan fingerprint density at radius 2 is 2.11 bits per heavy atom. The number of amides is 2. The van der Waals surface area contributed by atoms with Crippen molar-refractivity contribution in [1.82, 2.24) is 5.32 Å². The number of carbonyl (C=O) groups is 2. The molecule has 0 radical (unpaired) electrons. The molecule has 4 heteroatoms. The summed E-state index contributed by atoms with van der Waals surface area (Å²) in [7, 11) is 0. The zero-order chi connectivity index (χ0) is 13.1. The molecule has 2 amide bonds. The third-order valence-electron chi connectivity index (χ3n) is 2.98. The summed E-state index contributed by atoms with van der Waals surface area (Å²) in [5, 5.41) is 2.72. The van der Waals surface area contributed by atoms with E-state index >= 15 is 0 Å². The third kappa shape index (κ3) is 2.88. The largest absolute Gasteiger partial charge is 0.345 e. The molecule has 96 valence electrons. The normalized spacial score (nSPS) is 14.1. The molecular weight excluding hydrogens is 228 g/mol. The average molecular weight is 246 g/mol. The second kappa shape index (κ2) is 5.21. The smallest absolute Gasteiger partial charge is 0.316 e. The summed E-state index contributed by atoms with van der Waals surface area (Å²) < 4.78 is 0. The Hall–Kier alpha value is -1.84. The zero-order valence-electron chi connectivity index (χ0n) is 10.8. The lowest BCUT2D eigenvalue weighted by molar-refractivity contribution is -0.137. The van der Waals surface area contributed by atoms with Crippen LogP contribution >= 0.6 is 0 Å². The van der Waals surface area contributed by atoms with Gasteiger partial charge in [0.1, 0.15) is 0 Å². The van der Waals surface area contributed by atoms with Gasteiger partial charge in [-0.05, 0) is 44.4 Å². The number of nitrogens with one attached hydrogen (secondary N) is 1. The maximum Gasteiger partial charge on any atom is 0.316 e. The number of aryl methyl sites for hydroxylation is 1. The van der Waals surface area contributed by atoms with E-state index in [1.165, 1.54) is 4.90 Å². The van der Waals surface area contributed by atoms with Gasteiger partial charge in [0.25, 0.3) is 0 Å². The van der Waals surface area contributed by atoms with E-state index in [2.05, 4.69) is 5.32 Å². The SMILES string of the molecule is CCN(C(=O)C(=O)NC1CC1)c1cccc(C)c1. The molecule has 18 heavy (non-hydrogen) atoms. The van der Waals surface area contributed by atoms with Crippen LogP contribution in [0.25, 0.3) is 0 Å². The highest BCUT2D eigenvalue weighted by molar-refractivity contribution is 6.40. The second-order valence-corrected chi connectivity index (χ2v) is 4.64. The van der Waals surface area contributed by atoms with Gasteiger partial charge in [-0.25, -0.2) is 0 Å². The number of anilines is 1. The Labute approximate surface area is 107 Å². The first-order valence-corrected chi connectivity index (χ1v) is 6.31. The van der Waals surface area contributed by atoms with Crippen LogP contribution in [0, 0.1) is 6.92 Å². The number of likely N-dealkylation sites (N-methyl/N-ethyl adjacent to an activating group) is 1. The van der Waals surface area contributed by atoms with Gasteiger partial charge < -0.3 is 10.2 Å². The highest BCUT2D eigenvalue weighted by atomic mass is 16.2. The third-order valence-corrected chi connectivity index (χ3v) is 2.98. The van der Waals surface area contributed by atoms with E-state index in [9.17, 15) is 9.59 Å². The molecular formula is C14H18N2O2.